The summed E-state index contributed by atoms with van der Waals surface area (Å²) >= 11 is 0. The maximum atomic E-state index is 12.4. The molecular weight excluding hydrogens is 376 g/mol. The van der Waals surface area contributed by atoms with E-state index < -0.39 is 10.0 Å². The molecule has 1 fully saturated rings. The lowest BCUT2D eigenvalue weighted by molar-refractivity contribution is 0.114. The van der Waals surface area contributed by atoms with Gasteiger partial charge >= 0.3 is 0 Å². The lowest BCUT2D eigenvalue weighted by atomic mass is 10.1. The van der Waals surface area contributed by atoms with Gasteiger partial charge < -0.3 is 15.4 Å². The Hall–Kier alpha value is -1.64. The summed E-state index contributed by atoms with van der Waals surface area (Å²) in [6, 6.07) is 6.87. The number of guanidine groups is 1. The maximum Gasteiger partial charge on any atom is 0.240 e. The standard InChI is InChI=1S/C20H34N4O3S/c1-4-21-20(22-12-11-16(2)3)23-14-17-7-9-19(10-8-17)28(25,26)24-15-18-6-5-13-27-18/h7-10,16,18,24H,4-6,11-15H2,1-3H3,(H2,21,22,23). The van der Waals surface area contributed by atoms with Gasteiger partial charge in [0, 0.05) is 26.2 Å². The van der Waals surface area contributed by atoms with Crippen LogP contribution < -0.4 is 15.4 Å². The maximum absolute atomic E-state index is 12.4. The molecule has 2 rings (SSSR count). The number of nitrogens with one attached hydrogen (secondary N) is 3. The Kier molecular flexibility index (Phi) is 9.21. The average molecular weight is 411 g/mol. The number of sulfonamides is 1. The molecule has 7 nitrogen and oxygen atoms in total. The monoisotopic (exact) mass is 410 g/mol. The van der Waals surface area contributed by atoms with Gasteiger partial charge in [-0.1, -0.05) is 26.0 Å². The molecular formula is C20H34N4O3S. The molecule has 0 amide bonds. The summed E-state index contributed by atoms with van der Waals surface area (Å²) in [4.78, 5) is 4.84. The SMILES string of the molecule is CCNC(=NCc1ccc(S(=O)(=O)NCC2CCCO2)cc1)NCCC(C)C. The van der Waals surface area contributed by atoms with Crippen molar-refractivity contribution in [2.45, 2.75) is 57.6 Å². The predicted octanol–water partition coefficient (Wildman–Crippen LogP) is 2.25. The second-order valence-corrected chi connectivity index (χ2v) is 9.20. The van der Waals surface area contributed by atoms with E-state index in [0.717, 1.165) is 43.9 Å². The summed E-state index contributed by atoms with van der Waals surface area (Å²) in [6.07, 6.45) is 2.95. The van der Waals surface area contributed by atoms with Crippen LogP contribution in [-0.4, -0.2) is 46.7 Å². The summed E-state index contributed by atoms with van der Waals surface area (Å²) in [7, 11) is -3.52. The first-order chi connectivity index (χ1) is 13.4. The van der Waals surface area contributed by atoms with E-state index in [-0.39, 0.29) is 11.0 Å². The van der Waals surface area contributed by atoms with Crippen molar-refractivity contribution in [2.75, 3.05) is 26.2 Å². The highest BCUT2D eigenvalue weighted by atomic mass is 32.2. The third-order valence-electron chi connectivity index (χ3n) is 4.54. The lowest BCUT2D eigenvalue weighted by Gasteiger charge is -2.13. The zero-order chi connectivity index (χ0) is 20.4. The highest BCUT2D eigenvalue weighted by molar-refractivity contribution is 7.89. The summed E-state index contributed by atoms with van der Waals surface area (Å²) in [5, 5.41) is 6.55. The van der Waals surface area contributed by atoms with Crippen molar-refractivity contribution in [3.05, 3.63) is 29.8 Å². The normalized spacial score (nSPS) is 17.9. The van der Waals surface area contributed by atoms with Gasteiger partial charge in [-0.25, -0.2) is 18.1 Å². The van der Waals surface area contributed by atoms with Crippen LogP contribution in [0.25, 0.3) is 0 Å². The minimum Gasteiger partial charge on any atom is -0.377 e. The van der Waals surface area contributed by atoms with Crippen LogP contribution in [0, 0.1) is 5.92 Å². The summed E-state index contributed by atoms with van der Waals surface area (Å²) in [5.74, 6) is 1.41. The van der Waals surface area contributed by atoms with Gasteiger partial charge in [0.25, 0.3) is 0 Å². The Balaban J connectivity index is 1.90. The van der Waals surface area contributed by atoms with Crippen molar-refractivity contribution in [1.29, 1.82) is 0 Å². The first-order valence-electron chi connectivity index (χ1n) is 10.1. The van der Waals surface area contributed by atoms with Crippen LogP contribution in [0.4, 0.5) is 0 Å². The molecule has 8 heteroatoms. The minimum absolute atomic E-state index is 0.0175. The minimum atomic E-state index is -3.52. The molecule has 1 saturated heterocycles. The van der Waals surface area contributed by atoms with Gasteiger partial charge in [-0.2, -0.15) is 0 Å². The Bertz CT molecular complexity index is 711. The van der Waals surface area contributed by atoms with E-state index in [9.17, 15) is 8.42 Å². The summed E-state index contributed by atoms with van der Waals surface area (Å²) in [6.45, 7) is 9.60. The molecule has 1 aromatic rings. The number of ether oxygens (including phenoxy) is 1. The Morgan fingerprint density at radius 1 is 1.25 bits per heavy atom. The van der Waals surface area contributed by atoms with Crippen LogP contribution in [-0.2, 0) is 21.3 Å². The topological polar surface area (TPSA) is 91.8 Å². The highest BCUT2D eigenvalue weighted by Crippen LogP contribution is 2.14. The van der Waals surface area contributed by atoms with Crippen molar-refractivity contribution < 1.29 is 13.2 Å². The fraction of sp³-hybridized carbons (Fsp3) is 0.650. The van der Waals surface area contributed by atoms with Crippen molar-refractivity contribution in [3.8, 4) is 0 Å². The second-order valence-electron chi connectivity index (χ2n) is 7.44. The van der Waals surface area contributed by atoms with Crippen LogP contribution in [0.5, 0.6) is 0 Å². The van der Waals surface area contributed by atoms with Crippen LogP contribution in [0.3, 0.4) is 0 Å². The van der Waals surface area contributed by atoms with Crippen molar-refractivity contribution >= 4 is 16.0 Å². The van der Waals surface area contributed by atoms with E-state index >= 15 is 0 Å². The lowest BCUT2D eigenvalue weighted by Crippen LogP contribution is -2.38. The molecule has 1 aliphatic heterocycles. The third kappa shape index (κ3) is 7.77. The molecule has 1 unspecified atom stereocenters. The Morgan fingerprint density at radius 3 is 2.61 bits per heavy atom. The molecule has 28 heavy (non-hydrogen) atoms. The van der Waals surface area contributed by atoms with Gasteiger partial charge in [-0.15, -0.1) is 0 Å². The quantitative estimate of drug-likeness (QED) is 0.406. The number of rotatable bonds is 10. The zero-order valence-corrected chi connectivity index (χ0v) is 18.0. The molecule has 3 N–H and O–H groups in total. The fourth-order valence-corrected chi connectivity index (χ4v) is 3.92. The van der Waals surface area contributed by atoms with Crippen molar-refractivity contribution in [1.82, 2.24) is 15.4 Å². The molecule has 0 aliphatic carbocycles. The number of benzene rings is 1. The number of nitrogens with zero attached hydrogens (tertiary/aromatic N) is 1. The van der Waals surface area contributed by atoms with Gasteiger partial charge in [-0.3, -0.25) is 0 Å². The largest absolute Gasteiger partial charge is 0.377 e. The van der Waals surface area contributed by atoms with Gasteiger partial charge in [0.05, 0.1) is 17.5 Å². The van der Waals surface area contributed by atoms with Crippen molar-refractivity contribution in [2.24, 2.45) is 10.9 Å². The third-order valence-corrected chi connectivity index (χ3v) is 5.98. The molecule has 1 aliphatic rings. The van der Waals surface area contributed by atoms with Crippen LogP contribution in [0.15, 0.2) is 34.2 Å². The van der Waals surface area contributed by atoms with Gasteiger partial charge in [0.2, 0.25) is 10.0 Å². The second kappa shape index (κ2) is 11.4. The summed E-state index contributed by atoms with van der Waals surface area (Å²) in [5.41, 5.74) is 0.958. The molecule has 0 bridgehead atoms. The molecule has 0 aromatic heterocycles. The number of aliphatic imine (C=N–C) groups is 1. The fourth-order valence-electron chi connectivity index (χ4n) is 2.86. The molecule has 1 atom stereocenters. The van der Waals surface area contributed by atoms with E-state index in [2.05, 4.69) is 34.2 Å². The van der Waals surface area contributed by atoms with Crippen LogP contribution >= 0.6 is 0 Å². The van der Waals surface area contributed by atoms with E-state index in [1.807, 2.05) is 19.1 Å². The van der Waals surface area contributed by atoms with E-state index in [0.29, 0.717) is 25.6 Å². The summed E-state index contributed by atoms with van der Waals surface area (Å²) < 4.78 is 32.9. The molecule has 0 radical (unpaired) electrons. The van der Waals surface area contributed by atoms with Crippen LogP contribution in [0.1, 0.15) is 45.6 Å². The Morgan fingerprint density at radius 2 is 2.00 bits per heavy atom. The molecule has 1 aromatic carbocycles. The van der Waals surface area contributed by atoms with Crippen LogP contribution in [0.2, 0.25) is 0 Å². The van der Waals surface area contributed by atoms with Gasteiger partial charge in [0.15, 0.2) is 5.96 Å². The smallest absolute Gasteiger partial charge is 0.240 e. The van der Waals surface area contributed by atoms with Crippen molar-refractivity contribution in [3.63, 3.8) is 0 Å². The number of hydrogen-bond donors (Lipinski definition) is 3. The van der Waals surface area contributed by atoms with E-state index in [4.69, 9.17) is 4.74 Å². The van der Waals surface area contributed by atoms with Gasteiger partial charge in [0.1, 0.15) is 0 Å². The predicted molar refractivity (Wildman–Crippen MR) is 113 cm³/mol. The number of hydrogen-bond acceptors (Lipinski definition) is 4. The first kappa shape index (κ1) is 22.6. The molecule has 1 heterocycles. The molecule has 158 valence electrons. The van der Waals surface area contributed by atoms with E-state index in [1.165, 1.54) is 0 Å². The first-order valence-corrected chi connectivity index (χ1v) is 11.6. The average Bonchev–Trinajstić information content (AvgIpc) is 3.18. The molecule has 0 spiro atoms. The highest BCUT2D eigenvalue weighted by Gasteiger charge is 2.20. The molecule has 0 saturated carbocycles. The van der Waals surface area contributed by atoms with E-state index in [1.54, 1.807) is 12.1 Å². The van der Waals surface area contributed by atoms with Gasteiger partial charge in [-0.05, 0) is 49.8 Å². The Labute approximate surface area is 169 Å². The zero-order valence-electron chi connectivity index (χ0n) is 17.2.